The van der Waals surface area contributed by atoms with Gasteiger partial charge in [-0.1, -0.05) is 76.6 Å². The number of benzene rings is 2. The number of aliphatic hydroxyl groups is 1. The number of hydrogen-bond donors (Lipinski definition) is 18. The fourth-order valence-corrected chi connectivity index (χ4v) is 8.02. The van der Waals surface area contributed by atoms with Gasteiger partial charge in [0.15, 0.2) is 0 Å². The minimum atomic E-state index is -1.97. The van der Waals surface area contributed by atoms with E-state index in [1.165, 1.54) is 38.1 Å². The molecule has 30 heteroatoms. The first kappa shape index (κ1) is 69.0. The first-order valence-electron chi connectivity index (χ1n) is 25.1. The minimum Gasteiger partial charge on any atom is -0.508 e. The molecular formula is C50H72N10O17S3. The van der Waals surface area contributed by atoms with Crippen molar-refractivity contribution in [1.29, 1.82) is 0 Å². The second-order valence-corrected chi connectivity index (χ2v) is 19.9. The van der Waals surface area contributed by atoms with Gasteiger partial charge in [0.25, 0.3) is 0 Å². The molecule has 2 rings (SSSR count). The number of carboxylic acid groups (broad SMARTS) is 3. The fraction of sp³-hybridized carbons (Fsp3) is 0.520. The van der Waals surface area contributed by atoms with E-state index in [9.17, 15) is 83.1 Å². The number of aromatic hydroxyl groups is 1. The number of nitrogens with two attached hydrogens (primary N) is 1. The molecule has 2 aromatic carbocycles. The van der Waals surface area contributed by atoms with Crippen LogP contribution in [-0.4, -0.2) is 181 Å². The van der Waals surface area contributed by atoms with Crippen LogP contribution >= 0.6 is 37.9 Å². The maximum atomic E-state index is 14.5. The Hall–Kier alpha value is -7.15. The van der Waals surface area contributed by atoms with Crippen LogP contribution in [0.15, 0.2) is 54.6 Å². The van der Waals surface area contributed by atoms with Crippen LogP contribution < -0.4 is 53.6 Å². The number of thiol groups is 3. The van der Waals surface area contributed by atoms with Crippen molar-refractivity contribution in [3.05, 3.63) is 65.7 Å². The number of carbonyl (C=O) groups excluding carboxylic acids is 9. The van der Waals surface area contributed by atoms with Gasteiger partial charge in [0.05, 0.1) is 19.1 Å². The molecule has 0 fully saturated rings. The number of hydrogen-bond acceptors (Lipinski definition) is 18. The van der Waals surface area contributed by atoms with E-state index in [1.807, 2.05) is 0 Å². The van der Waals surface area contributed by atoms with Gasteiger partial charge in [-0.25, -0.2) is 4.79 Å². The Balaban J connectivity index is 2.51. The Morgan fingerprint density at radius 2 is 0.912 bits per heavy atom. The Morgan fingerprint density at radius 1 is 0.487 bits per heavy atom. The lowest BCUT2D eigenvalue weighted by molar-refractivity contribution is -0.142. The Kier molecular flexibility index (Phi) is 30.0. The van der Waals surface area contributed by atoms with Crippen LogP contribution in [0.25, 0.3) is 0 Å². The van der Waals surface area contributed by atoms with Crippen LogP contribution in [0.1, 0.15) is 64.5 Å². The van der Waals surface area contributed by atoms with Gasteiger partial charge < -0.3 is 79.1 Å². The number of aliphatic carboxylic acids is 3. The van der Waals surface area contributed by atoms with E-state index in [0.717, 1.165) is 0 Å². The van der Waals surface area contributed by atoms with E-state index >= 15 is 0 Å². The molecule has 11 atom stereocenters. The second kappa shape index (κ2) is 34.8. The third-order valence-corrected chi connectivity index (χ3v) is 13.3. The largest absolute Gasteiger partial charge is 0.508 e. The van der Waals surface area contributed by atoms with Crippen molar-refractivity contribution in [2.24, 2.45) is 17.6 Å². The van der Waals surface area contributed by atoms with Gasteiger partial charge in [0.2, 0.25) is 53.2 Å². The number of carboxylic acids is 3. The lowest BCUT2D eigenvalue weighted by Gasteiger charge is -2.31. The van der Waals surface area contributed by atoms with Crippen LogP contribution in [0.2, 0.25) is 0 Å². The maximum Gasteiger partial charge on any atom is 0.327 e. The fourth-order valence-electron chi connectivity index (χ4n) is 7.35. The first-order chi connectivity index (χ1) is 37.7. The van der Waals surface area contributed by atoms with Gasteiger partial charge in [-0.3, -0.25) is 52.7 Å². The standard InChI is InChI=1S/C50H72N10O17S3/c1-5-25(4)40(60-48(74)39(24(2)3)59-42(68)30(15-16-37(63)64)52-45(71)33(19-38(65)66)54-46(72)34(20-61)56-41(67)29(51)21-78)49(75)55-32(17-26-9-7-6-8-10-26)43(69)53-31(18-27-11-13-28(62)14-12-27)44(70)57-35(22-79)47(73)58-36(23-80)50(76)77/h6-14,24-25,29-36,39-40,61-62,78-80H,5,15-23,51H2,1-4H3,(H,52,71)(H,53,69)(H,54,72)(H,55,75)(H,56,67)(H,57,70)(H,58,73)(H,59,68)(H,60,74)(H,63,64)(H,65,66)(H,76,77)/t25-,29-,30-,31-,32-,33-,34-,35-,36-,39-,40-/m0/s1. The molecule has 0 spiro atoms. The van der Waals surface area contributed by atoms with Crippen molar-refractivity contribution < 1.29 is 83.1 Å². The molecule has 80 heavy (non-hydrogen) atoms. The third-order valence-electron chi connectivity index (χ3n) is 12.2. The molecule has 0 aliphatic carbocycles. The molecule has 0 unspecified atom stereocenters. The average Bonchev–Trinajstić information content (AvgIpc) is 3.41. The summed E-state index contributed by atoms with van der Waals surface area (Å²) in [4.78, 5) is 158. The zero-order chi connectivity index (χ0) is 60.4. The Morgan fingerprint density at radius 3 is 1.40 bits per heavy atom. The minimum absolute atomic E-state index is 0.106. The second-order valence-electron chi connectivity index (χ2n) is 18.8. The van der Waals surface area contributed by atoms with Crippen LogP contribution in [0.4, 0.5) is 0 Å². The summed E-state index contributed by atoms with van der Waals surface area (Å²) in [6.07, 6.45) is -2.62. The quantitative estimate of drug-likeness (QED) is 0.0302. The van der Waals surface area contributed by atoms with Crippen molar-refractivity contribution >= 4 is 109 Å². The molecule has 0 bridgehead atoms. The van der Waals surface area contributed by atoms with Crippen LogP contribution in [0, 0.1) is 11.8 Å². The van der Waals surface area contributed by atoms with Crippen molar-refractivity contribution in [2.45, 2.75) is 127 Å². The highest BCUT2D eigenvalue weighted by Crippen LogP contribution is 2.15. The average molecular weight is 1180 g/mol. The lowest BCUT2D eigenvalue weighted by atomic mass is 9.95. The number of nitrogens with one attached hydrogen (secondary N) is 9. The molecule has 2 aromatic rings. The first-order valence-corrected chi connectivity index (χ1v) is 27.0. The highest BCUT2D eigenvalue weighted by Gasteiger charge is 2.38. The molecule has 27 nitrogen and oxygen atoms in total. The Bertz CT molecular complexity index is 2480. The molecule has 0 heterocycles. The summed E-state index contributed by atoms with van der Waals surface area (Å²) in [7, 11) is 0. The molecule has 442 valence electrons. The number of rotatable bonds is 35. The Labute approximate surface area is 477 Å². The summed E-state index contributed by atoms with van der Waals surface area (Å²) in [5.41, 5.74) is 6.58. The maximum absolute atomic E-state index is 14.5. The highest BCUT2D eigenvalue weighted by atomic mass is 32.1. The number of aliphatic hydroxyl groups excluding tert-OH is 1. The van der Waals surface area contributed by atoms with Gasteiger partial charge in [-0.2, -0.15) is 37.9 Å². The third kappa shape index (κ3) is 23.3. The molecule has 0 saturated carbocycles. The van der Waals surface area contributed by atoms with Crippen molar-refractivity contribution in [3.8, 4) is 5.75 Å². The molecule has 9 amide bonds. The molecule has 0 aromatic heterocycles. The predicted octanol–water partition coefficient (Wildman–Crippen LogP) is -3.22. The number of phenols is 1. The highest BCUT2D eigenvalue weighted by molar-refractivity contribution is 7.80. The lowest BCUT2D eigenvalue weighted by Crippen LogP contribution is -2.62. The zero-order valence-corrected chi connectivity index (χ0v) is 46.9. The van der Waals surface area contributed by atoms with Crippen LogP contribution in [0.3, 0.4) is 0 Å². The van der Waals surface area contributed by atoms with E-state index in [0.29, 0.717) is 11.1 Å². The summed E-state index contributed by atoms with van der Waals surface area (Å²) < 4.78 is 0. The number of phenolic OH excluding ortho intramolecular Hbond substituents is 1. The number of carbonyl (C=O) groups is 12. The molecular weight excluding hydrogens is 1110 g/mol. The predicted molar refractivity (Wildman–Crippen MR) is 297 cm³/mol. The van der Waals surface area contributed by atoms with Gasteiger partial charge in [-0.05, 0) is 41.5 Å². The van der Waals surface area contributed by atoms with Gasteiger partial charge in [-0.15, -0.1) is 0 Å². The molecule has 0 saturated heterocycles. The monoisotopic (exact) mass is 1180 g/mol. The van der Waals surface area contributed by atoms with E-state index in [2.05, 4.69) is 85.7 Å². The van der Waals surface area contributed by atoms with Crippen LogP contribution in [-0.2, 0) is 70.4 Å². The smallest absolute Gasteiger partial charge is 0.327 e. The van der Waals surface area contributed by atoms with Crippen molar-refractivity contribution in [1.82, 2.24) is 47.9 Å². The van der Waals surface area contributed by atoms with E-state index in [1.54, 1.807) is 44.2 Å². The molecule has 0 aliphatic rings. The van der Waals surface area contributed by atoms with E-state index in [-0.39, 0.29) is 42.3 Å². The van der Waals surface area contributed by atoms with Gasteiger partial charge in [0, 0.05) is 36.5 Å². The topological polar surface area (TPSA) is 440 Å². The normalized spacial score (nSPS) is 15.2. The summed E-state index contributed by atoms with van der Waals surface area (Å²) >= 11 is 12.0. The van der Waals surface area contributed by atoms with Crippen molar-refractivity contribution in [2.75, 3.05) is 23.9 Å². The SMILES string of the molecule is CC[C@H](C)[C@H](NC(=O)[C@@H](NC(=O)[C@H](CCC(=O)O)NC(=O)[C@H](CC(=O)O)NC(=O)[C@H](CO)NC(=O)[C@@H](N)CS)C(C)C)C(=O)N[C@@H](Cc1ccccc1)C(=O)N[C@@H](Cc1ccc(O)cc1)C(=O)N[C@@H](CS)C(=O)N[C@@H](CS)C(=O)O. The van der Waals surface area contributed by atoms with E-state index < -0.39 is 169 Å². The van der Waals surface area contributed by atoms with Gasteiger partial charge >= 0.3 is 17.9 Å². The zero-order valence-electron chi connectivity index (χ0n) is 44.2. The summed E-state index contributed by atoms with van der Waals surface area (Å²) in [6.45, 7) is 5.31. The van der Waals surface area contributed by atoms with E-state index in [4.69, 9.17) is 5.73 Å². The van der Waals surface area contributed by atoms with Crippen LogP contribution in [0.5, 0.6) is 5.75 Å². The van der Waals surface area contributed by atoms with Gasteiger partial charge in [0.1, 0.15) is 60.1 Å². The molecule has 0 aliphatic heterocycles. The summed E-state index contributed by atoms with van der Waals surface area (Å²) in [6, 6.07) is -1.45. The summed E-state index contributed by atoms with van der Waals surface area (Å²) in [5, 5.41) is 69.8. The number of amides is 9. The van der Waals surface area contributed by atoms with Crippen molar-refractivity contribution in [3.63, 3.8) is 0 Å². The summed E-state index contributed by atoms with van der Waals surface area (Å²) in [5.74, 6) is -15.9. The molecule has 0 radical (unpaired) electrons. The molecule has 16 N–H and O–H groups in total.